The van der Waals surface area contributed by atoms with E-state index in [1.807, 2.05) is 13.8 Å². The van der Waals surface area contributed by atoms with E-state index in [1.165, 1.54) is 5.48 Å². The number of hydrogen-bond donors (Lipinski definition) is 6. The fourth-order valence-electron chi connectivity index (χ4n) is 2.25. The molecule has 0 aromatic heterocycles. The summed E-state index contributed by atoms with van der Waals surface area (Å²) in [7, 11) is 0.750. The van der Waals surface area contributed by atoms with Crippen molar-refractivity contribution in [3.8, 4) is 11.8 Å². The molecule has 0 fully saturated rings. The van der Waals surface area contributed by atoms with Gasteiger partial charge in [0.25, 0.3) is 11.8 Å². The molecule has 35 heavy (non-hydrogen) atoms. The van der Waals surface area contributed by atoms with Crippen LogP contribution in [0.5, 0.6) is 0 Å². The van der Waals surface area contributed by atoms with Gasteiger partial charge in [0.05, 0.1) is 6.54 Å². The van der Waals surface area contributed by atoms with Gasteiger partial charge in [0, 0.05) is 28.9 Å². The van der Waals surface area contributed by atoms with Crippen molar-refractivity contribution in [3.63, 3.8) is 0 Å². The average molecular weight is 496 g/mol. The number of rotatable bonds is 6. The third kappa shape index (κ3) is 13.7. The van der Waals surface area contributed by atoms with Crippen molar-refractivity contribution in [2.75, 3.05) is 25.5 Å². The molecule has 0 radical (unpaired) electrons. The number of nitrogens with two attached hydrogens (primary N) is 2. The Morgan fingerprint density at radius 2 is 1.40 bits per heavy atom. The van der Waals surface area contributed by atoms with Crippen molar-refractivity contribution in [2.45, 2.75) is 27.3 Å². The van der Waals surface area contributed by atoms with E-state index in [2.05, 4.69) is 22.5 Å². The number of carbonyl (C=O) groups excluding carboxylic acids is 3. The topological polar surface area (TPSA) is 183 Å². The molecule has 0 saturated heterocycles. The first kappa shape index (κ1) is 36.8. The maximum absolute atomic E-state index is 12.2. The van der Waals surface area contributed by atoms with Gasteiger partial charge < -0.3 is 27.2 Å². The van der Waals surface area contributed by atoms with Gasteiger partial charge in [-0.2, -0.15) is 7.11 Å². The van der Waals surface area contributed by atoms with Crippen LogP contribution in [0.25, 0.3) is 0 Å². The van der Waals surface area contributed by atoms with Crippen LogP contribution >= 0.6 is 0 Å². The number of amides is 3. The first-order valence-electron chi connectivity index (χ1n) is 10.0. The van der Waals surface area contributed by atoms with Crippen LogP contribution in [0.2, 0.25) is 0 Å². The van der Waals surface area contributed by atoms with Crippen molar-refractivity contribution in [1.82, 2.24) is 10.8 Å². The molecule has 0 unspecified atom stereocenters. The second kappa shape index (κ2) is 21.8. The summed E-state index contributed by atoms with van der Waals surface area (Å²) in [4.78, 5) is 34.8. The summed E-state index contributed by atoms with van der Waals surface area (Å²) in [6, 6.07) is 12.4. The predicted molar refractivity (Wildman–Crippen MR) is 131 cm³/mol. The molecular formula is C24H34N5NaO5. The van der Waals surface area contributed by atoms with Crippen LogP contribution in [0.1, 0.15) is 42.8 Å². The Morgan fingerprint density at radius 3 is 1.80 bits per heavy atom. The van der Waals surface area contributed by atoms with Gasteiger partial charge in [-0.25, -0.2) is 5.48 Å². The van der Waals surface area contributed by atoms with Crippen molar-refractivity contribution in [2.24, 2.45) is 11.5 Å². The molecule has 0 bridgehead atoms. The zero-order valence-corrected chi connectivity index (χ0v) is 21.8. The quantitative estimate of drug-likeness (QED) is 0.108. The van der Waals surface area contributed by atoms with Crippen LogP contribution in [0.4, 0.5) is 5.69 Å². The van der Waals surface area contributed by atoms with Gasteiger partial charge in [-0.3, -0.25) is 19.6 Å². The molecule has 0 aliphatic heterocycles. The normalized spacial score (nSPS) is 9.34. The van der Waals surface area contributed by atoms with E-state index in [4.69, 9.17) is 21.8 Å². The molecule has 186 valence electrons. The Kier molecular flexibility index (Phi) is 22.9. The summed E-state index contributed by atoms with van der Waals surface area (Å²) in [6.07, 6.45) is 0. The fourth-order valence-corrected chi connectivity index (χ4v) is 2.25. The molecule has 11 heteroatoms. The molecule has 2 rings (SSSR count). The second-order valence-electron chi connectivity index (χ2n) is 5.89. The maximum atomic E-state index is 12.2. The Morgan fingerprint density at radius 1 is 0.943 bits per heavy atom. The minimum atomic E-state index is -1.04. The SMILES string of the molecule is C.CC.C[O-].NCC(=O)Nc1ccc(C#Cc2ccc(C(=O)N[C@@H](CN)C(=O)NO)cc2)cc1.[Na+]. The van der Waals surface area contributed by atoms with Crippen molar-refractivity contribution in [1.29, 1.82) is 0 Å². The number of anilines is 1. The van der Waals surface area contributed by atoms with Crippen LogP contribution in [0.15, 0.2) is 48.5 Å². The Labute approximate surface area is 229 Å². The summed E-state index contributed by atoms with van der Waals surface area (Å²) >= 11 is 0. The van der Waals surface area contributed by atoms with E-state index >= 15 is 0 Å². The largest absolute Gasteiger partial charge is 1.00 e. The Hall–Kier alpha value is -2.75. The van der Waals surface area contributed by atoms with Crippen LogP contribution in [0.3, 0.4) is 0 Å². The molecule has 3 amide bonds. The standard InChI is InChI=1S/C20H21N5O4.C2H6.CH3O.CH4.Na/c21-11-17(20(28)25-29)24-19(27)15-7-3-13(4-8-15)1-2-14-5-9-16(10-6-14)23-18(26)12-22;2*1-2;;/h3-10,17,29H,11-12,21-22H2,(H,23,26)(H,24,27)(H,25,28);1-2H3;1H3;1H4;/q;;-1;;+1/t17-;;;;/m0..../s1. The molecule has 10 nitrogen and oxygen atoms in total. The number of hydrogen-bond acceptors (Lipinski definition) is 7. The number of benzene rings is 2. The summed E-state index contributed by atoms with van der Waals surface area (Å²) < 4.78 is 0. The van der Waals surface area contributed by atoms with Gasteiger partial charge >= 0.3 is 29.6 Å². The van der Waals surface area contributed by atoms with E-state index in [0.717, 1.165) is 12.7 Å². The third-order valence-electron chi connectivity index (χ3n) is 3.82. The monoisotopic (exact) mass is 495 g/mol. The van der Waals surface area contributed by atoms with Crippen molar-refractivity contribution in [3.05, 3.63) is 65.2 Å². The summed E-state index contributed by atoms with van der Waals surface area (Å²) in [6.45, 7) is 3.76. The first-order valence-corrected chi connectivity index (χ1v) is 10.0. The molecule has 2 aromatic rings. The molecule has 2 aromatic carbocycles. The van der Waals surface area contributed by atoms with E-state index in [1.54, 1.807) is 48.5 Å². The van der Waals surface area contributed by atoms with Crippen LogP contribution in [0, 0.1) is 11.8 Å². The molecule has 8 N–H and O–H groups in total. The number of carbonyl (C=O) groups is 3. The molecule has 1 atom stereocenters. The van der Waals surface area contributed by atoms with Gasteiger partial charge in [0.15, 0.2) is 0 Å². The minimum Gasteiger partial charge on any atom is -0.857 e. The van der Waals surface area contributed by atoms with E-state index < -0.39 is 17.9 Å². The van der Waals surface area contributed by atoms with Crippen molar-refractivity contribution < 1.29 is 54.3 Å². The second-order valence-corrected chi connectivity index (χ2v) is 5.89. The predicted octanol–water partition coefficient (Wildman–Crippen LogP) is -2.81. The first-order chi connectivity index (χ1) is 16.0. The van der Waals surface area contributed by atoms with Crippen LogP contribution < -0.4 is 62.2 Å². The molecule has 0 aliphatic carbocycles. The minimum absolute atomic E-state index is 0. The van der Waals surface area contributed by atoms with Crippen LogP contribution in [-0.2, 0) is 9.59 Å². The average Bonchev–Trinajstić information content (AvgIpc) is 2.88. The molecule has 0 spiro atoms. The number of nitrogens with one attached hydrogen (secondary N) is 3. The molecule has 0 heterocycles. The van der Waals surface area contributed by atoms with Crippen molar-refractivity contribution >= 4 is 23.4 Å². The summed E-state index contributed by atoms with van der Waals surface area (Å²) in [5.74, 6) is 4.38. The van der Waals surface area contributed by atoms with Crippen LogP contribution in [-0.4, -0.2) is 49.2 Å². The summed E-state index contributed by atoms with van der Waals surface area (Å²) in [5.41, 5.74) is 14.5. The molecule has 0 saturated carbocycles. The third-order valence-corrected chi connectivity index (χ3v) is 3.82. The van der Waals surface area contributed by atoms with Gasteiger partial charge in [-0.1, -0.05) is 33.1 Å². The number of hydroxylamine groups is 1. The Balaban J connectivity index is -0.00000162. The van der Waals surface area contributed by atoms with E-state index in [9.17, 15) is 14.4 Å². The maximum Gasteiger partial charge on any atom is 1.00 e. The zero-order chi connectivity index (χ0) is 25.2. The zero-order valence-electron chi connectivity index (χ0n) is 19.8. The molecular weight excluding hydrogens is 461 g/mol. The van der Waals surface area contributed by atoms with Gasteiger partial charge in [0.1, 0.15) is 6.04 Å². The van der Waals surface area contributed by atoms with E-state index in [0.29, 0.717) is 16.8 Å². The van der Waals surface area contributed by atoms with Gasteiger partial charge in [0.2, 0.25) is 5.91 Å². The molecule has 0 aliphatic rings. The summed E-state index contributed by atoms with van der Waals surface area (Å²) in [5, 5.41) is 21.9. The fraction of sp³-hybridized carbons (Fsp3) is 0.292. The smallest absolute Gasteiger partial charge is 0.857 e. The van der Waals surface area contributed by atoms with Gasteiger partial charge in [-0.15, -0.1) is 0 Å². The van der Waals surface area contributed by atoms with Gasteiger partial charge in [-0.05, 0) is 48.5 Å². The Bertz CT molecular complexity index is 942. The van der Waals surface area contributed by atoms with E-state index in [-0.39, 0.29) is 56.0 Å².